The fourth-order valence-corrected chi connectivity index (χ4v) is 3.13. The summed E-state index contributed by atoms with van der Waals surface area (Å²) in [5.74, 6) is 0.599. The van der Waals surface area contributed by atoms with Gasteiger partial charge in [0.2, 0.25) is 0 Å². The van der Waals surface area contributed by atoms with Crippen LogP contribution < -0.4 is 9.47 Å². The lowest BCUT2D eigenvalue weighted by molar-refractivity contribution is -0.137. The number of aliphatic carboxylic acids is 1. The molecule has 0 aliphatic rings. The number of hydrogen-bond acceptors (Lipinski definition) is 5. The molecule has 1 atom stereocenters. The molecule has 0 aliphatic carbocycles. The Balaban J connectivity index is 2.77. The van der Waals surface area contributed by atoms with E-state index in [9.17, 15) is 9.59 Å². The Morgan fingerprint density at radius 3 is 2.36 bits per heavy atom. The first-order valence-corrected chi connectivity index (χ1v) is 9.96. The lowest BCUT2D eigenvalue weighted by atomic mass is 9.84. The van der Waals surface area contributed by atoms with Crippen LogP contribution in [0, 0.1) is 11.8 Å². The third-order valence-electron chi connectivity index (χ3n) is 4.75. The van der Waals surface area contributed by atoms with Gasteiger partial charge in [0.05, 0.1) is 13.7 Å². The van der Waals surface area contributed by atoms with Gasteiger partial charge in [-0.05, 0) is 37.0 Å². The number of benzene rings is 1. The number of ketones is 1. The van der Waals surface area contributed by atoms with Gasteiger partial charge >= 0.3 is 5.97 Å². The Kier molecular flexibility index (Phi) is 11.3. The van der Waals surface area contributed by atoms with Crippen molar-refractivity contribution in [2.45, 2.75) is 52.4 Å². The molecule has 0 aliphatic heterocycles. The molecule has 1 rings (SSSR count). The van der Waals surface area contributed by atoms with E-state index in [0.717, 1.165) is 25.7 Å². The van der Waals surface area contributed by atoms with E-state index in [2.05, 4.69) is 0 Å². The van der Waals surface area contributed by atoms with Crippen LogP contribution in [0.5, 0.6) is 11.5 Å². The molecule has 0 saturated heterocycles. The zero-order valence-electron chi connectivity index (χ0n) is 17.5. The number of carboxylic acids is 1. The molecule has 0 heterocycles. The Morgan fingerprint density at radius 1 is 1.00 bits per heavy atom. The Hall–Kier alpha value is -2.08. The SMILES string of the molecule is COCCCOc1cc(C(=O)C(CCCCCC(=O)O)C(C)C)ccc1OC. The highest BCUT2D eigenvalue weighted by molar-refractivity contribution is 5.98. The highest BCUT2D eigenvalue weighted by atomic mass is 16.5. The minimum atomic E-state index is -0.771. The number of hydrogen-bond donors (Lipinski definition) is 1. The predicted molar refractivity (Wildman–Crippen MR) is 108 cm³/mol. The van der Waals surface area contributed by atoms with E-state index in [1.165, 1.54) is 0 Å². The molecule has 0 aromatic heterocycles. The molecule has 158 valence electrons. The van der Waals surface area contributed by atoms with Gasteiger partial charge < -0.3 is 19.3 Å². The van der Waals surface area contributed by atoms with E-state index in [4.69, 9.17) is 19.3 Å². The van der Waals surface area contributed by atoms with E-state index in [0.29, 0.717) is 36.7 Å². The summed E-state index contributed by atoms with van der Waals surface area (Å²) in [5, 5.41) is 8.72. The number of carbonyl (C=O) groups excluding carboxylic acids is 1. The Bertz CT molecular complexity index is 611. The number of Topliss-reactive ketones (excluding diaryl/α,β-unsaturated/α-hetero) is 1. The molecule has 1 aromatic rings. The summed E-state index contributed by atoms with van der Waals surface area (Å²) in [4.78, 5) is 23.7. The fraction of sp³-hybridized carbons (Fsp3) is 0.636. The molecule has 28 heavy (non-hydrogen) atoms. The van der Waals surface area contributed by atoms with Crippen LogP contribution in [0.2, 0.25) is 0 Å². The van der Waals surface area contributed by atoms with Crippen molar-refractivity contribution in [2.75, 3.05) is 27.4 Å². The number of carbonyl (C=O) groups is 2. The summed E-state index contributed by atoms with van der Waals surface area (Å²) >= 11 is 0. The van der Waals surface area contributed by atoms with Crippen LogP contribution in [0.4, 0.5) is 0 Å². The van der Waals surface area contributed by atoms with Crippen molar-refractivity contribution in [3.63, 3.8) is 0 Å². The van der Waals surface area contributed by atoms with Gasteiger partial charge in [-0.15, -0.1) is 0 Å². The molecule has 6 nitrogen and oxygen atoms in total. The van der Waals surface area contributed by atoms with E-state index in [1.807, 2.05) is 13.8 Å². The van der Waals surface area contributed by atoms with Crippen LogP contribution in [-0.4, -0.2) is 44.3 Å². The molecule has 0 amide bonds. The molecule has 0 saturated carbocycles. The largest absolute Gasteiger partial charge is 0.493 e. The second kappa shape index (κ2) is 13.2. The van der Waals surface area contributed by atoms with Crippen molar-refractivity contribution in [3.8, 4) is 11.5 Å². The molecule has 0 spiro atoms. The van der Waals surface area contributed by atoms with Crippen molar-refractivity contribution in [3.05, 3.63) is 23.8 Å². The van der Waals surface area contributed by atoms with Crippen molar-refractivity contribution < 1.29 is 28.9 Å². The highest BCUT2D eigenvalue weighted by Gasteiger charge is 2.24. The average Bonchev–Trinajstić information content (AvgIpc) is 2.66. The maximum absolute atomic E-state index is 13.1. The van der Waals surface area contributed by atoms with Gasteiger partial charge in [-0.3, -0.25) is 9.59 Å². The van der Waals surface area contributed by atoms with Gasteiger partial charge in [0.15, 0.2) is 17.3 Å². The summed E-state index contributed by atoms with van der Waals surface area (Å²) in [6.07, 6.45) is 4.01. The number of ether oxygens (including phenoxy) is 3. The Labute approximate surface area is 168 Å². The molecular weight excluding hydrogens is 360 g/mol. The minimum absolute atomic E-state index is 0.0950. The summed E-state index contributed by atoms with van der Waals surface area (Å²) in [5.41, 5.74) is 0.617. The van der Waals surface area contributed by atoms with E-state index in [1.54, 1.807) is 32.4 Å². The molecular formula is C22H34O6. The van der Waals surface area contributed by atoms with E-state index in [-0.39, 0.29) is 24.0 Å². The smallest absolute Gasteiger partial charge is 0.303 e. The lowest BCUT2D eigenvalue weighted by Gasteiger charge is -2.20. The van der Waals surface area contributed by atoms with E-state index < -0.39 is 5.97 Å². The fourth-order valence-electron chi connectivity index (χ4n) is 3.13. The van der Waals surface area contributed by atoms with Crippen molar-refractivity contribution in [1.29, 1.82) is 0 Å². The number of methoxy groups -OCH3 is 2. The van der Waals surface area contributed by atoms with Crippen LogP contribution in [0.25, 0.3) is 0 Å². The van der Waals surface area contributed by atoms with Crippen LogP contribution in [0.15, 0.2) is 18.2 Å². The topological polar surface area (TPSA) is 82.1 Å². The van der Waals surface area contributed by atoms with Gasteiger partial charge in [-0.1, -0.05) is 26.7 Å². The van der Waals surface area contributed by atoms with Gasteiger partial charge in [-0.2, -0.15) is 0 Å². The lowest BCUT2D eigenvalue weighted by Crippen LogP contribution is -2.20. The summed E-state index contributed by atoms with van der Waals surface area (Å²) in [6, 6.07) is 5.31. The summed E-state index contributed by atoms with van der Waals surface area (Å²) < 4.78 is 16.2. The van der Waals surface area contributed by atoms with Crippen molar-refractivity contribution >= 4 is 11.8 Å². The van der Waals surface area contributed by atoms with Crippen molar-refractivity contribution in [2.24, 2.45) is 11.8 Å². The number of rotatable bonds is 15. The monoisotopic (exact) mass is 394 g/mol. The molecule has 1 N–H and O–H groups in total. The first-order valence-electron chi connectivity index (χ1n) is 9.96. The van der Waals surface area contributed by atoms with Gasteiger partial charge in [0.25, 0.3) is 0 Å². The van der Waals surface area contributed by atoms with Gasteiger partial charge in [0, 0.05) is 38.0 Å². The third-order valence-corrected chi connectivity index (χ3v) is 4.75. The van der Waals surface area contributed by atoms with Crippen molar-refractivity contribution in [1.82, 2.24) is 0 Å². The molecule has 0 bridgehead atoms. The Morgan fingerprint density at radius 2 is 1.75 bits per heavy atom. The number of unbranched alkanes of at least 4 members (excludes halogenated alkanes) is 2. The molecule has 1 aromatic carbocycles. The van der Waals surface area contributed by atoms with Crippen LogP contribution in [-0.2, 0) is 9.53 Å². The maximum Gasteiger partial charge on any atom is 0.303 e. The third kappa shape index (κ3) is 8.30. The van der Waals surface area contributed by atoms with Crippen LogP contribution >= 0.6 is 0 Å². The highest BCUT2D eigenvalue weighted by Crippen LogP contribution is 2.31. The molecule has 6 heteroatoms. The first-order chi connectivity index (χ1) is 13.4. The first kappa shape index (κ1) is 24.0. The zero-order valence-corrected chi connectivity index (χ0v) is 17.5. The predicted octanol–water partition coefficient (Wildman–Crippen LogP) is 4.60. The van der Waals surface area contributed by atoms with Gasteiger partial charge in [0.1, 0.15) is 0 Å². The second-order valence-corrected chi connectivity index (χ2v) is 7.27. The molecule has 1 unspecified atom stereocenters. The second-order valence-electron chi connectivity index (χ2n) is 7.27. The molecule has 0 radical (unpaired) electrons. The average molecular weight is 395 g/mol. The summed E-state index contributed by atoms with van der Waals surface area (Å²) in [7, 11) is 3.22. The number of carboxylic acid groups (broad SMARTS) is 1. The quantitative estimate of drug-likeness (QED) is 0.346. The zero-order chi connectivity index (χ0) is 20.9. The maximum atomic E-state index is 13.1. The molecule has 0 fully saturated rings. The van der Waals surface area contributed by atoms with Crippen LogP contribution in [0.3, 0.4) is 0 Å². The van der Waals surface area contributed by atoms with Crippen LogP contribution in [0.1, 0.15) is 62.7 Å². The normalized spacial score (nSPS) is 12.0. The standard InChI is InChI=1S/C22H34O6/c1-16(2)18(9-6-5-7-10-21(23)24)22(25)17-11-12-19(27-4)20(15-17)28-14-8-13-26-3/h11-12,15-16,18H,5-10,13-14H2,1-4H3,(H,23,24). The summed E-state index contributed by atoms with van der Waals surface area (Å²) in [6.45, 7) is 5.19. The van der Waals surface area contributed by atoms with Gasteiger partial charge in [-0.25, -0.2) is 0 Å². The van der Waals surface area contributed by atoms with E-state index >= 15 is 0 Å². The minimum Gasteiger partial charge on any atom is -0.493 e.